The Labute approximate surface area is 153 Å². The Morgan fingerprint density at radius 1 is 0.885 bits per heavy atom. The summed E-state index contributed by atoms with van der Waals surface area (Å²) in [7, 11) is 2.93. The summed E-state index contributed by atoms with van der Waals surface area (Å²) in [6, 6.07) is 13.7. The first-order chi connectivity index (χ1) is 12.4. The van der Waals surface area contributed by atoms with Gasteiger partial charge in [-0.25, -0.2) is 4.79 Å². The minimum atomic E-state index is -0.819. The average molecular weight is 354 g/mol. The van der Waals surface area contributed by atoms with Gasteiger partial charge >= 0.3 is 11.9 Å². The van der Waals surface area contributed by atoms with Crippen LogP contribution in [-0.2, 0) is 9.53 Å². The van der Waals surface area contributed by atoms with E-state index in [1.807, 2.05) is 30.3 Å². The van der Waals surface area contributed by atoms with E-state index in [1.54, 1.807) is 51.3 Å². The molecule has 0 radical (unpaired) electrons. The molecule has 2 rings (SSSR count). The Bertz CT molecular complexity index is 786. The van der Waals surface area contributed by atoms with E-state index in [4.69, 9.17) is 9.47 Å². The van der Waals surface area contributed by atoms with Crippen molar-refractivity contribution >= 4 is 18.0 Å². The SMILES string of the molecule is COC(=O)c1ccc(OC(=O)C(C)(C)/C=C\c2ccc(OC)cc2)cc1. The summed E-state index contributed by atoms with van der Waals surface area (Å²) in [6.45, 7) is 3.55. The second-order valence-electron chi connectivity index (χ2n) is 6.23. The van der Waals surface area contributed by atoms with Crippen molar-refractivity contribution in [3.05, 3.63) is 65.7 Å². The van der Waals surface area contributed by atoms with Crippen LogP contribution in [-0.4, -0.2) is 26.2 Å². The maximum absolute atomic E-state index is 12.4. The fraction of sp³-hybridized carbons (Fsp3) is 0.238. The van der Waals surface area contributed by atoms with Crippen LogP contribution in [0.4, 0.5) is 0 Å². The third-order valence-corrected chi connectivity index (χ3v) is 3.82. The molecule has 0 N–H and O–H groups in total. The molecule has 0 saturated carbocycles. The van der Waals surface area contributed by atoms with Crippen LogP contribution in [0.25, 0.3) is 6.08 Å². The molecular formula is C21H22O5. The van der Waals surface area contributed by atoms with Crippen LogP contribution in [0.3, 0.4) is 0 Å². The summed E-state index contributed by atoms with van der Waals surface area (Å²) < 4.78 is 15.2. The number of carbonyl (C=O) groups excluding carboxylic acids is 2. The van der Waals surface area contributed by atoms with E-state index in [2.05, 4.69) is 4.74 Å². The average Bonchev–Trinajstić information content (AvgIpc) is 2.66. The van der Waals surface area contributed by atoms with Crippen molar-refractivity contribution in [3.8, 4) is 11.5 Å². The van der Waals surface area contributed by atoms with Gasteiger partial charge in [0.15, 0.2) is 0 Å². The van der Waals surface area contributed by atoms with E-state index in [0.29, 0.717) is 11.3 Å². The van der Waals surface area contributed by atoms with Crippen molar-refractivity contribution in [2.75, 3.05) is 14.2 Å². The number of ether oxygens (including phenoxy) is 3. The van der Waals surface area contributed by atoms with Crippen molar-refractivity contribution < 1.29 is 23.8 Å². The topological polar surface area (TPSA) is 61.8 Å². The van der Waals surface area contributed by atoms with Gasteiger partial charge in [0.2, 0.25) is 0 Å². The Morgan fingerprint density at radius 3 is 2.00 bits per heavy atom. The van der Waals surface area contributed by atoms with Crippen LogP contribution in [0.1, 0.15) is 29.8 Å². The molecule has 0 unspecified atom stereocenters. The van der Waals surface area contributed by atoms with Gasteiger partial charge < -0.3 is 14.2 Å². The molecule has 0 aliphatic rings. The highest BCUT2D eigenvalue weighted by atomic mass is 16.5. The molecule has 0 fully saturated rings. The van der Waals surface area contributed by atoms with Crippen molar-refractivity contribution in [1.29, 1.82) is 0 Å². The number of benzene rings is 2. The summed E-state index contributed by atoms with van der Waals surface area (Å²) in [6.07, 6.45) is 3.65. The molecule has 5 heteroatoms. The fourth-order valence-corrected chi connectivity index (χ4v) is 2.10. The highest BCUT2D eigenvalue weighted by Gasteiger charge is 2.27. The lowest BCUT2D eigenvalue weighted by atomic mass is 9.92. The number of carbonyl (C=O) groups is 2. The smallest absolute Gasteiger partial charge is 0.337 e. The van der Waals surface area contributed by atoms with Gasteiger partial charge in [-0.1, -0.05) is 24.3 Å². The maximum Gasteiger partial charge on any atom is 0.337 e. The monoisotopic (exact) mass is 354 g/mol. The summed E-state index contributed by atoms with van der Waals surface area (Å²) in [5, 5.41) is 0. The van der Waals surface area contributed by atoms with Crippen LogP contribution in [0, 0.1) is 5.41 Å². The van der Waals surface area contributed by atoms with E-state index in [9.17, 15) is 9.59 Å². The summed E-state index contributed by atoms with van der Waals surface area (Å²) in [4.78, 5) is 23.9. The molecule has 0 aliphatic carbocycles. The largest absolute Gasteiger partial charge is 0.497 e. The van der Waals surface area contributed by atoms with E-state index in [-0.39, 0.29) is 0 Å². The first-order valence-electron chi connectivity index (χ1n) is 8.09. The predicted octanol–water partition coefficient (Wildman–Crippen LogP) is 4.13. The summed E-state index contributed by atoms with van der Waals surface area (Å²) in [5.74, 6) is 0.309. The molecule has 0 heterocycles. The Balaban J connectivity index is 2.04. The van der Waals surface area contributed by atoms with Crippen molar-refractivity contribution in [2.45, 2.75) is 13.8 Å². The fourth-order valence-electron chi connectivity index (χ4n) is 2.10. The molecule has 0 saturated heterocycles. The molecule has 26 heavy (non-hydrogen) atoms. The van der Waals surface area contributed by atoms with E-state index in [0.717, 1.165) is 11.3 Å². The lowest BCUT2D eigenvalue weighted by Gasteiger charge is -2.18. The zero-order chi connectivity index (χ0) is 19.2. The van der Waals surface area contributed by atoms with Gasteiger partial charge in [0.05, 0.1) is 25.2 Å². The minimum Gasteiger partial charge on any atom is -0.497 e. The molecule has 0 amide bonds. The molecule has 0 aromatic heterocycles. The van der Waals surface area contributed by atoms with Gasteiger partial charge in [-0.15, -0.1) is 0 Å². The van der Waals surface area contributed by atoms with Gasteiger partial charge in [0, 0.05) is 0 Å². The quantitative estimate of drug-likeness (QED) is 0.577. The lowest BCUT2D eigenvalue weighted by Crippen LogP contribution is -2.26. The van der Waals surface area contributed by atoms with Crippen LogP contribution >= 0.6 is 0 Å². The molecule has 0 spiro atoms. The van der Waals surface area contributed by atoms with Crippen molar-refractivity contribution in [3.63, 3.8) is 0 Å². The molecule has 2 aromatic carbocycles. The second-order valence-corrected chi connectivity index (χ2v) is 6.23. The van der Waals surface area contributed by atoms with Gasteiger partial charge in [0.1, 0.15) is 11.5 Å². The van der Waals surface area contributed by atoms with Crippen molar-refractivity contribution in [1.82, 2.24) is 0 Å². The molecule has 0 bridgehead atoms. The molecule has 2 aromatic rings. The minimum absolute atomic E-state index is 0.369. The number of rotatable bonds is 6. The zero-order valence-corrected chi connectivity index (χ0v) is 15.3. The van der Waals surface area contributed by atoms with E-state index in [1.165, 1.54) is 7.11 Å². The first-order valence-corrected chi connectivity index (χ1v) is 8.09. The first kappa shape index (κ1) is 19.2. The van der Waals surface area contributed by atoms with Gasteiger partial charge in [-0.2, -0.15) is 0 Å². The van der Waals surface area contributed by atoms with Crippen LogP contribution in [0.15, 0.2) is 54.6 Å². The summed E-state index contributed by atoms with van der Waals surface area (Å²) in [5.41, 5.74) is 0.529. The van der Waals surface area contributed by atoms with E-state index < -0.39 is 17.4 Å². The third kappa shape index (κ3) is 4.96. The van der Waals surface area contributed by atoms with Gasteiger partial charge in [0.25, 0.3) is 0 Å². The van der Waals surface area contributed by atoms with Gasteiger partial charge in [-0.05, 0) is 55.8 Å². The third-order valence-electron chi connectivity index (χ3n) is 3.82. The number of esters is 2. The van der Waals surface area contributed by atoms with Crippen LogP contribution in [0.5, 0.6) is 11.5 Å². The maximum atomic E-state index is 12.4. The standard InChI is InChI=1S/C21H22O5/c1-21(2,14-13-15-5-9-17(24-3)10-6-15)20(23)26-18-11-7-16(8-12-18)19(22)25-4/h5-14H,1-4H3/b14-13-. The normalized spacial score (nSPS) is 11.2. The second kappa shape index (κ2) is 8.34. The van der Waals surface area contributed by atoms with E-state index >= 15 is 0 Å². The van der Waals surface area contributed by atoms with Crippen LogP contribution in [0.2, 0.25) is 0 Å². The Hall–Kier alpha value is -3.08. The van der Waals surface area contributed by atoms with Gasteiger partial charge in [-0.3, -0.25) is 4.79 Å². The molecular weight excluding hydrogens is 332 g/mol. The highest BCUT2D eigenvalue weighted by molar-refractivity contribution is 5.89. The Kier molecular flexibility index (Phi) is 6.17. The molecule has 0 aliphatic heterocycles. The predicted molar refractivity (Wildman–Crippen MR) is 99.2 cm³/mol. The zero-order valence-electron chi connectivity index (χ0n) is 15.3. The number of hydrogen-bond acceptors (Lipinski definition) is 5. The number of hydrogen-bond donors (Lipinski definition) is 0. The lowest BCUT2D eigenvalue weighted by molar-refractivity contribution is -0.141. The molecule has 5 nitrogen and oxygen atoms in total. The van der Waals surface area contributed by atoms with Crippen molar-refractivity contribution in [2.24, 2.45) is 5.41 Å². The molecule has 136 valence electrons. The number of methoxy groups -OCH3 is 2. The van der Waals surface area contributed by atoms with Crippen LogP contribution < -0.4 is 9.47 Å². The molecule has 0 atom stereocenters. The highest BCUT2D eigenvalue weighted by Crippen LogP contribution is 2.24. The Morgan fingerprint density at radius 2 is 1.46 bits per heavy atom. The summed E-state index contributed by atoms with van der Waals surface area (Å²) >= 11 is 0.